The summed E-state index contributed by atoms with van der Waals surface area (Å²) < 4.78 is 19.8. The molecule has 11 heteroatoms. The van der Waals surface area contributed by atoms with Crippen molar-refractivity contribution in [3.63, 3.8) is 0 Å². The molecule has 1 saturated heterocycles. The quantitative estimate of drug-likeness (QED) is 0.281. The van der Waals surface area contributed by atoms with Crippen molar-refractivity contribution >= 4 is 25.1 Å². The Labute approximate surface area is 146 Å². The Hall–Kier alpha value is -1.32. The molecule has 1 aliphatic rings. The van der Waals surface area contributed by atoms with Crippen LogP contribution in [0, 0.1) is 0 Å². The Morgan fingerprint density at radius 2 is 1.96 bits per heavy atom. The fourth-order valence-electron chi connectivity index (χ4n) is 2.19. The second-order valence-electron chi connectivity index (χ2n) is 6.36. The van der Waals surface area contributed by atoms with Crippen LogP contribution >= 0.6 is 7.26 Å². The molecule has 0 spiro atoms. The molecule has 1 rings (SSSR count). The average molecular weight is 382 g/mol. The molecule has 0 aromatic heterocycles. The second kappa shape index (κ2) is 8.86. The van der Waals surface area contributed by atoms with Gasteiger partial charge in [0.25, 0.3) is 0 Å². The Morgan fingerprint density at radius 1 is 1.32 bits per heavy atom. The van der Waals surface area contributed by atoms with Crippen LogP contribution in [0.4, 0.5) is 0 Å². The number of hydrogen-bond donors (Lipinski definition) is 3. The summed E-state index contributed by atoms with van der Waals surface area (Å²) in [7, 11) is 0.136. The van der Waals surface area contributed by atoms with Crippen LogP contribution in [0.25, 0.3) is 0 Å². The van der Waals surface area contributed by atoms with Gasteiger partial charge >= 0.3 is 146 Å². The molecule has 146 valence electrons. The molecule has 1 amide bonds. The monoisotopic (exact) mass is 382 g/mol. The number of esters is 2. The summed E-state index contributed by atoms with van der Waals surface area (Å²) >= 11 is 0. The number of aliphatic hydroxyl groups is 1. The standard InChI is InChI=1S/C14H27N2O8P/c1-9(12(19)22-3)16-14(20)23-8-25(4,5)13(24-14)11(18)15-7-6-10(17)21-2/h9,13,16,20,25H,6-8H2,1-5H3,(H,15,18)/t9-,13+,14+/m0/s1. The molecule has 1 aliphatic heterocycles. The molecule has 25 heavy (non-hydrogen) atoms. The van der Waals surface area contributed by atoms with Gasteiger partial charge < -0.3 is 0 Å². The summed E-state index contributed by atoms with van der Waals surface area (Å²) in [6.07, 6.45) is -2.14. The van der Waals surface area contributed by atoms with Gasteiger partial charge in [0.2, 0.25) is 0 Å². The van der Waals surface area contributed by atoms with Gasteiger partial charge in [-0.05, 0) is 0 Å². The molecule has 3 N–H and O–H groups in total. The van der Waals surface area contributed by atoms with Crippen molar-refractivity contribution in [2.45, 2.75) is 31.3 Å². The molecule has 0 aromatic carbocycles. The fraction of sp³-hybridized carbons (Fsp3) is 0.786. The van der Waals surface area contributed by atoms with Gasteiger partial charge in [0.15, 0.2) is 0 Å². The van der Waals surface area contributed by atoms with Crippen LogP contribution in [0.1, 0.15) is 13.3 Å². The van der Waals surface area contributed by atoms with Crippen LogP contribution in [0.2, 0.25) is 0 Å². The first-order valence-corrected chi connectivity index (χ1v) is 11.1. The molecule has 0 aliphatic carbocycles. The van der Waals surface area contributed by atoms with E-state index in [1.54, 1.807) is 0 Å². The minimum absolute atomic E-state index is 0.0232. The van der Waals surface area contributed by atoms with Crippen molar-refractivity contribution in [2.24, 2.45) is 0 Å². The number of hydrogen-bond acceptors (Lipinski definition) is 9. The number of nitrogens with one attached hydrogen (secondary N) is 2. The summed E-state index contributed by atoms with van der Waals surface area (Å²) in [6.45, 7) is 5.27. The zero-order chi connectivity index (χ0) is 19.3. The molecule has 3 atom stereocenters. The third-order valence-electron chi connectivity index (χ3n) is 3.67. The van der Waals surface area contributed by atoms with Gasteiger partial charge in [-0.15, -0.1) is 0 Å². The second-order valence-corrected chi connectivity index (χ2v) is 11.2. The predicted molar refractivity (Wildman–Crippen MR) is 90.2 cm³/mol. The van der Waals surface area contributed by atoms with Crippen molar-refractivity contribution in [1.29, 1.82) is 0 Å². The summed E-state index contributed by atoms with van der Waals surface area (Å²) in [4.78, 5) is 35.0. The molecular weight excluding hydrogens is 355 g/mol. The number of carbonyl (C=O) groups is 3. The van der Waals surface area contributed by atoms with Crippen molar-refractivity contribution in [2.75, 3.05) is 40.4 Å². The van der Waals surface area contributed by atoms with E-state index in [9.17, 15) is 19.5 Å². The molecule has 0 saturated carbocycles. The van der Waals surface area contributed by atoms with E-state index in [0.717, 1.165) is 0 Å². The number of rotatable bonds is 7. The van der Waals surface area contributed by atoms with E-state index in [1.165, 1.54) is 21.1 Å². The van der Waals surface area contributed by atoms with E-state index in [1.807, 2.05) is 13.3 Å². The van der Waals surface area contributed by atoms with Crippen LogP contribution in [-0.4, -0.2) is 81.4 Å². The number of carbonyl (C=O) groups excluding carboxylic acids is 3. The minimum atomic E-state index is -2.33. The molecule has 10 nitrogen and oxygen atoms in total. The molecule has 0 aromatic rings. The first-order chi connectivity index (χ1) is 11.5. The number of methoxy groups -OCH3 is 2. The molecule has 1 fully saturated rings. The normalized spacial score (nSPS) is 27.7. The van der Waals surface area contributed by atoms with Gasteiger partial charge in [0.1, 0.15) is 0 Å². The van der Waals surface area contributed by atoms with Crippen molar-refractivity contribution in [1.82, 2.24) is 10.6 Å². The van der Waals surface area contributed by atoms with Gasteiger partial charge in [0.05, 0.1) is 0 Å². The Bertz CT molecular complexity index is 515. The van der Waals surface area contributed by atoms with Crippen molar-refractivity contribution < 1.29 is 38.4 Å². The number of ether oxygens (including phenoxy) is 4. The topological polar surface area (TPSA) is 132 Å². The summed E-state index contributed by atoms with van der Waals surface area (Å²) in [5.74, 6) is -2.48. The van der Waals surface area contributed by atoms with Gasteiger partial charge in [-0.1, -0.05) is 0 Å². The Morgan fingerprint density at radius 3 is 2.52 bits per heavy atom. The number of amides is 1. The zero-order valence-corrected chi connectivity index (χ0v) is 16.1. The third kappa shape index (κ3) is 6.16. The molecule has 1 heterocycles. The van der Waals surface area contributed by atoms with E-state index in [-0.39, 0.29) is 19.3 Å². The Kier molecular flexibility index (Phi) is 7.70. The van der Waals surface area contributed by atoms with E-state index >= 15 is 0 Å². The molecule has 0 bridgehead atoms. The first kappa shape index (κ1) is 21.7. The van der Waals surface area contributed by atoms with Gasteiger partial charge in [-0.2, -0.15) is 0 Å². The summed E-state index contributed by atoms with van der Waals surface area (Å²) in [6, 6.07) is -0.916. The predicted octanol–water partition coefficient (Wildman–Crippen LogP) is -1.24. The van der Waals surface area contributed by atoms with E-state index in [0.29, 0.717) is 0 Å². The Balaban J connectivity index is 2.73. The van der Waals surface area contributed by atoms with Gasteiger partial charge in [-0.3, -0.25) is 0 Å². The van der Waals surface area contributed by atoms with Crippen LogP contribution in [-0.2, 0) is 33.3 Å². The van der Waals surface area contributed by atoms with E-state index in [4.69, 9.17) is 9.47 Å². The van der Waals surface area contributed by atoms with Gasteiger partial charge in [-0.25, -0.2) is 0 Å². The van der Waals surface area contributed by atoms with Crippen LogP contribution in [0.5, 0.6) is 0 Å². The molecular formula is C14H27N2O8P. The SMILES string of the molecule is COC(=O)CCNC(=O)[C@@H]1O[C@@](O)(N[C@@H](C)C(=O)OC)OC[PH]1(C)C. The summed E-state index contributed by atoms with van der Waals surface area (Å²) in [5.41, 5.74) is 0. The van der Waals surface area contributed by atoms with Crippen molar-refractivity contribution in [3.8, 4) is 0 Å². The van der Waals surface area contributed by atoms with Crippen LogP contribution in [0.3, 0.4) is 0 Å². The van der Waals surface area contributed by atoms with Crippen molar-refractivity contribution in [3.05, 3.63) is 0 Å². The van der Waals surface area contributed by atoms with Crippen LogP contribution in [0.15, 0.2) is 0 Å². The van der Waals surface area contributed by atoms with E-state index < -0.39 is 43.1 Å². The maximum atomic E-state index is 12.4. The molecule has 0 unspecified atom stereocenters. The average Bonchev–Trinajstić information content (AvgIpc) is 2.56. The van der Waals surface area contributed by atoms with Gasteiger partial charge in [0, 0.05) is 0 Å². The maximum absolute atomic E-state index is 12.4. The first-order valence-electron chi connectivity index (χ1n) is 7.79. The van der Waals surface area contributed by atoms with E-state index in [2.05, 4.69) is 20.1 Å². The zero-order valence-electron chi connectivity index (χ0n) is 15.1. The fourth-order valence-corrected chi connectivity index (χ4v) is 4.20. The van der Waals surface area contributed by atoms with Crippen LogP contribution < -0.4 is 10.6 Å². The summed E-state index contributed by atoms with van der Waals surface area (Å²) in [5, 5.41) is 15.4. The third-order valence-corrected chi connectivity index (χ3v) is 6.36. The molecule has 0 radical (unpaired) electrons.